The third-order valence-electron chi connectivity index (χ3n) is 3.99. The highest BCUT2D eigenvalue weighted by molar-refractivity contribution is 7.08. The fourth-order valence-electron chi connectivity index (χ4n) is 3.02. The molecule has 1 fully saturated rings. The SMILES string of the molecule is CN(C)Cc1cc(C2CCCN2C(=O)c2ccsc2)ccn1. The van der Waals surface area contributed by atoms with Gasteiger partial charge in [-0.25, -0.2) is 0 Å². The summed E-state index contributed by atoms with van der Waals surface area (Å²) in [5.74, 6) is 0.148. The van der Waals surface area contributed by atoms with E-state index in [1.807, 2.05) is 48.1 Å². The molecule has 1 aliphatic heterocycles. The average Bonchev–Trinajstić information content (AvgIpc) is 3.18. The van der Waals surface area contributed by atoms with Crippen LogP contribution in [0.15, 0.2) is 35.2 Å². The molecular formula is C17H21N3OS. The number of hydrogen-bond donors (Lipinski definition) is 0. The number of nitrogens with zero attached hydrogens (tertiary/aromatic N) is 3. The van der Waals surface area contributed by atoms with Crippen molar-refractivity contribution < 1.29 is 4.79 Å². The smallest absolute Gasteiger partial charge is 0.255 e. The molecule has 1 unspecified atom stereocenters. The van der Waals surface area contributed by atoms with Crippen molar-refractivity contribution in [3.63, 3.8) is 0 Å². The van der Waals surface area contributed by atoms with Crippen LogP contribution in [0.3, 0.4) is 0 Å². The van der Waals surface area contributed by atoms with Crippen molar-refractivity contribution in [2.75, 3.05) is 20.6 Å². The summed E-state index contributed by atoms with van der Waals surface area (Å²) in [7, 11) is 4.08. The van der Waals surface area contributed by atoms with Crippen molar-refractivity contribution in [1.82, 2.24) is 14.8 Å². The maximum atomic E-state index is 12.7. The van der Waals surface area contributed by atoms with Crippen LogP contribution in [-0.2, 0) is 6.54 Å². The first-order chi connectivity index (χ1) is 10.6. The molecule has 3 rings (SSSR count). The number of carbonyl (C=O) groups is 1. The molecule has 0 bridgehead atoms. The predicted octanol–water partition coefficient (Wildman–Crippen LogP) is 3.18. The molecular weight excluding hydrogens is 294 g/mol. The number of rotatable bonds is 4. The van der Waals surface area contributed by atoms with E-state index in [2.05, 4.69) is 16.0 Å². The molecule has 1 amide bonds. The summed E-state index contributed by atoms with van der Waals surface area (Å²) in [6, 6.07) is 6.27. The van der Waals surface area contributed by atoms with E-state index in [1.54, 1.807) is 11.3 Å². The third-order valence-corrected chi connectivity index (χ3v) is 4.67. The number of pyridine rings is 1. The number of thiophene rings is 1. The predicted molar refractivity (Wildman–Crippen MR) is 89.0 cm³/mol. The van der Waals surface area contributed by atoms with Crippen LogP contribution < -0.4 is 0 Å². The van der Waals surface area contributed by atoms with Crippen LogP contribution in [0, 0.1) is 0 Å². The summed E-state index contributed by atoms with van der Waals surface area (Å²) >= 11 is 1.57. The van der Waals surface area contributed by atoms with Crippen LogP contribution in [0.4, 0.5) is 0 Å². The molecule has 0 saturated carbocycles. The lowest BCUT2D eigenvalue weighted by Crippen LogP contribution is -2.30. The summed E-state index contributed by atoms with van der Waals surface area (Å²) in [4.78, 5) is 21.2. The molecule has 0 aliphatic carbocycles. The summed E-state index contributed by atoms with van der Waals surface area (Å²) < 4.78 is 0. The van der Waals surface area contributed by atoms with Gasteiger partial charge in [-0.3, -0.25) is 9.78 Å². The Morgan fingerprint density at radius 1 is 1.45 bits per heavy atom. The molecule has 2 aromatic rings. The number of carbonyl (C=O) groups excluding carboxylic acids is 1. The molecule has 2 aromatic heterocycles. The number of hydrogen-bond acceptors (Lipinski definition) is 4. The van der Waals surface area contributed by atoms with Gasteiger partial charge in [-0.15, -0.1) is 0 Å². The lowest BCUT2D eigenvalue weighted by molar-refractivity contribution is 0.0736. The Morgan fingerprint density at radius 3 is 3.05 bits per heavy atom. The van der Waals surface area contributed by atoms with Gasteiger partial charge in [0, 0.05) is 24.7 Å². The molecule has 0 radical (unpaired) electrons. The molecule has 5 heteroatoms. The van der Waals surface area contributed by atoms with Crippen LogP contribution in [0.1, 0.15) is 40.5 Å². The Kier molecular flexibility index (Phi) is 4.55. The fraction of sp³-hybridized carbons (Fsp3) is 0.412. The summed E-state index contributed by atoms with van der Waals surface area (Å²) in [5.41, 5.74) is 3.06. The van der Waals surface area contributed by atoms with Gasteiger partial charge < -0.3 is 9.80 Å². The standard InChI is InChI=1S/C17H21N3OS/c1-19(2)11-15-10-13(5-7-18-15)16-4-3-8-20(16)17(21)14-6-9-22-12-14/h5-7,9-10,12,16H,3-4,8,11H2,1-2H3. The molecule has 22 heavy (non-hydrogen) atoms. The first-order valence-corrected chi connectivity index (χ1v) is 8.52. The third kappa shape index (κ3) is 3.20. The van der Waals surface area contributed by atoms with Gasteiger partial charge in [-0.1, -0.05) is 0 Å². The first-order valence-electron chi connectivity index (χ1n) is 7.58. The zero-order valence-corrected chi connectivity index (χ0v) is 13.8. The van der Waals surface area contributed by atoms with Gasteiger partial charge in [-0.05, 0) is 56.1 Å². The first kappa shape index (κ1) is 15.2. The van der Waals surface area contributed by atoms with E-state index in [4.69, 9.17) is 0 Å². The lowest BCUT2D eigenvalue weighted by atomic mass is 10.0. The van der Waals surface area contributed by atoms with Crippen LogP contribution in [-0.4, -0.2) is 41.3 Å². The quantitative estimate of drug-likeness (QED) is 0.869. The second-order valence-corrected chi connectivity index (χ2v) is 6.77. The van der Waals surface area contributed by atoms with E-state index in [9.17, 15) is 4.79 Å². The topological polar surface area (TPSA) is 36.4 Å². The zero-order valence-electron chi connectivity index (χ0n) is 13.0. The average molecular weight is 315 g/mol. The second-order valence-electron chi connectivity index (χ2n) is 5.99. The Bertz CT molecular complexity index is 639. The number of amides is 1. The molecule has 0 spiro atoms. The Morgan fingerprint density at radius 2 is 2.32 bits per heavy atom. The van der Waals surface area contributed by atoms with E-state index in [1.165, 1.54) is 5.56 Å². The van der Waals surface area contributed by atoms with Crippen molar-refractivity contribution in [3.8, 4) is 0 Å². The highest BCUT2D eigenvalue weighted by Crippen LogP contribution is 2.33. The molecule has 116 valence electrons. The van der Waals surface area contributed by atoms with Crippen molar-refractivity contribution in [3.05, 3.63) is 52.0 Å². The van der Waals surface area contributed by atoms with E-state index in [-0.39, 0.29) is 11.9 Å². The van der Waals surface area contributed by atoms with Crippen LogP contribution >= 0.6 is 11.3 Å². The summed E-state index contributed by atoms with van der Waals surface area (Å²) in [5, 5.41) is 3.89. The van der Waals surface area contributed by atoms with Crippen LogP contribution in [0.2, 0.25) is 0 Å². The van der Waals surface area contributed by atoms with Gasteiger partial charge >= 0.3 is 0 Å². The van der Waals surface area contributed by atoms with Gasteiger partial charge in [0.2, 0.25) is 0 Å². The number of aromatic nitrogens is 1. The zero-order chi connectivity index (χ0) is 15.5. The van der Waals surface area contributed by atoms with Gasteiger partial charge in [0.15, 0.2) is 0 Å². The molecule has 0 aromatic carbocycles. The van der Waals surface area contributed by atoms with E-state index in [0.717, 1.165) is 37.2 Å². The van der Waals surface area contributed by atoms with Gasteiger partial charge in [-0.2, -0.15) is 11.3 Å². The van der Waals surface area contributed by atoms with Gasteiger partial charge in [0.1, 0.15) is 0 Å². The van der Waals surface area contributed by atoms with Crippen LogP contribution in [0.5, 0.6) is 0 Å². The molecule has 1 aliphatic rings. The minimum absolute atomic E-state index is 0.148. The van der Waals surface area contributed by atoms with Gasteiger partial charge in [0.05, 0.1) is 17.3 Å². The molecule has 4 nitrogen and oxygen atoms in total. The second kappa shape index (κ2) is 6.58. The van der Waals surface area contributed by atoms with Crippen molar-refractivity contribution in [2.24, 2.45) is 0 Å². The molecule has 1 saturated heterocycles. The highest BCUT2D eigenvalue weighted by Gasteiger charge is 2.30. The summed E-state index contributed by atoms with van der Waals surface area (Å²) in [6.45, 7) is 1.66. The number of likely N-dealkylation sites (tertiary alicyclic amines) is 1. The minimum Gasteiger partial charge on any atom is -0.332 e. The lowest BCUT2D eigenvalue weighted by Gasteiger charge is -2.25. The van der Waals surface area contributed by atoms with E-state index >= 15 is 0 Å². The summed E-state index contributed by atoms with van der Waals surface area (Å²) in [6.07, 6.45) is 3.95. The van der Waals surface area contributed by atoms with Gasteiger partial charge in [0.25, 0.3) is 5.91 Å². The molecule has 0 N–H and O–H groups in total. The normalized spacial score (nSPS) is 18.1. The Hall–Kier alpha value is -1.72. The maximum absolute atomic E-state index is 12.7. The Balaban J connectivity index is 1.82. The minimum atomic E-state index is 0.148. The Labute approximate surface area is 135 Å². The highest BCUT2D eigenvalue weighted by atomic mass is 32.1. The van der Waals surface area contributed by atoms with E-state index in [0.29, 0.717) is 0 Å². The fourth-order valence-corrected chi connectivity index (χ4v) is 3.65. The van der Waals surface area contributed by atoms with E-state index < -0.39 is 0 Å². The van der Waals surface area contributed by atoms with Crippen molar-refractivity contribution in [1.29, 1.82) is 0 Å². The van der Waals surface area contributed by atoms with Crippen molar-refractivity contribution in [2.45, 2.75) is 25.4 Å². The largest absolute Gasteiger partial charge is 0.332 e. The monoisotopic (exact) mass is 315 g/mol. The molecule has 3 heterocycles. The van der Waals surface area contributed by atoms with Crippen LogP contribution in [0.25, 0.3) is 0 Å². The van der Waals surface area contributed by atoms with Crippen molar-refractivity contribution >= 4 is 17.2 Å². The maximum Gasteiger partial charge on any atom is 0.255 e. The molecule has 1 atom stereocenters.